The number of rotatable bonds is 5. The molecule has 0 unspecified atom stereocenters. The van der Waals surface area contributed by atoms with Crippen molar-refractivity contribution in [3.63, 3.8) is 0 Å². The fraction of sp³-hybridized carbons (Fsp3) is 0.250. The van der Waals surface area contributed by atoms with E-state index in [1.807, 2.05) is 29.8 Å². The number of Topliss-reactive ketones (excluding diaryl/α,β-unsaturated/α-hetero) is 1. The van der Waals surface area contributed by atoms with Crippen LogP contribution in [0.5, 0.6) is 0 Å². The number of nitrogen functional groups attached to an aromatic ring is 1. The van der Waals surface area contributed by atoms with Crippen molar-refractivity contribution in [2.75, 3.05) is 5.73 Å². The third-order valence-electron chi connectivity index (χ3n) is 7.22. The number of anilines is 1. The lowest BCUT2D eigenvalue weighted by atomic mass is 9.77. The Labute approximate surface area is 203 Å². The largest absolute Gasteiger partial charge is 0.383 e. The first-order valence-electron chi connectivity index (χ1n) is 12.0. The molecule has 0 atom stereocenters. The molecule has 2 aromatic carbocycles. The van der Waals surface area contributed by atoms with E-state index in [4.69, 9.17) is 15.8 Å². The van der Waals surface area contributed by atoms with Crippen LogP contribution < -0.4 is 5.73 Å². The van der Waals surface area contributed by atoms with Crippen LogP contribution in [0.3, 0.4) is 0 Å². The van der Waals surface area contributed by atoms with Gasteiger partial charge >= 0.3 is 0 Å². The molecule has 0 bridgehead atoms. The van der Waals surface area contributed by atoms with Crippen LogP contribution in [0.1, 0.15) is 37.8 Å². The van der Waals surface area contributed by atoms with E-state index in [1.165, 1.54) is 6.33 Å². The number of hydrogen-bond acceptors (Lipinski definition) is 6. The number of nitrogens with two attached hydrogens (primary N) is 1. The third kappa shape index (κ3) is 3.46. The number of pyridine rings is 1. The van der Waals surface area contributed by atoms with Crippen molar-refractivity contribution in [3.05, 3.63) is 66.5 Å². The van der Waals surface area contributed by atoms with E-state index >= 15 is 0 Å². The van der Waals surface area contributed by atoms with Crippen LogP contribution in [0.4, 0.5) is 5.82 Å². The van der Waals surface area contributed by atoms with E-state index < -0.39 is 0 Å². The van der Waals surface area contributed by atoms with Crippen LogP contribution in [-0.2, 0) is 4.79 Å². The summed E-state index contributed by atoms with van der Waals surface area (Å²) in [7, 11) is 0. The zero-order valence-corrected chi connectivity index (χ0v) is 19.8. The number of benzene rings is 2. The summed E-state index contributed by atoms with van der Waals surface area (Å²) in [5.41, 5.74) is 12.7. The van der Waals surface area contributed by atoms with Gasteiger partial charge in [-0.05, 0) is 31.4 Å². The molecule has 35 heavy (non-hydrogen) atoms. The van der Waals surface area contributed by atoms with Gasteiger partial charge in [-0.3, -0.25) is 4.79 Å². The number of aromatic nitrogens is 5. The third-order valence-corrected chi connectivity index (χ3v) is 7.22. The highest BCUT2D eigenvalue weighted by molar-refractivity contribution is 6.01. The van der Waals surface area contributed by atoms with Crippen molar-refractivity contribution in [1.82, 2.24) is 24.7 Å². The van der Waals surface area contributed by atoms with Gasteiger partial charge in [0, 0.05) is 28.9 Å². The lowest BCUT2D eigenvalue weighted by molar-refractivity contribution is -0.126. The van der Waals surface area contributed by atoms with Crippen LogP contribution in [0, 0.1) is 12.8 Å². The number of ketones is 1. The number of nitrogens with zero attached hydrogens (tertiary/aromatic N) is 5. The molecule has 7 heteroatoms. The molecule has 2 N–H and O–H groups in total. The Kier molecular flexibility index (Phi) is 5.06. The Balaban J connectivity index is 1.49. The Morgan fingerprint density at radius 1 is 1.06 bits per heavy atom. The quantitative estimate of drug-likeness (QED) is 0.369. The minimum Gasteiger partial charge on any atom is -0.383 e. The summed E-state index contributed by atoms with van der Waals surface area (Å²) in [6.07, 6.45) is 3.62. The van der Waals surface area contributed by atoms with Crippen molar-refractivity contribution in [1.29, 1.82) is 0 Å². The molecule has 3 aromatic heterocycles. The number of carbonyl (C=O) groups excluding carboxylic acids is 1. The van der Waals surface area contributed by atoms with Crippen LogP contribution in [0.2, 0.25) is 0 Å². The predicted octanol–water partition coefficient (Wildman–Crippen LogP) is 5.53. The maximum atomic E-state index is 12.1. The van der Waals surface area contributed by atoms with E-state index in [1.54, 1.807) is 0 Å². The summed E-state index contributed by atoms with van der Waals surface area (Å²) in [6, 6.07) is 18.6. The molecule has 1 aliphatic carbocycles. The van der Waals surface area contributed by atoms with Gasteiger partial charge < -0.3 is 5.73 Å². The van der Waals surface area contributed by atoms with Gasteiger partial charge in [-0.2, -0.15) is 5.10 Å². The average molecular weight is 463 g/mol. The zero-order chi connectivity index (χ0) is 24.1. The molecule has 0 aliphatic heterocycles. The maximum absolute atomic E-state index is 12.1. The summed E-state index contributed by atoms with van der Waals surface area (Å²) in [5.74, 6) is 0.829. The maximum Gasteiger partial charge on any atom is 0.164 e. The molecule has 0 amide bonds. The molecule has 3 heterocycles. The molecule has 5 aromatic rings. The summed E-state index contributed by atoms with van der Waals surface area (Å²) in [6.45, 7) is 3.99. The van der Waals surface area contributed by atoms with E-state index in [-0.39, 0.29) is 12.0 Å². The standard InChI is InChI=1S/C28H26N6O/c1-3-23(35)19-13-20(14-19)34-28-24(27(29)30-15-31-28)26(33-34)21-11-9-18-10-12-22(32-25(18)16(21)2)17-7-5-4-6-8-17/h4-12,15,19-20H,3,13-14H2,1-2H3,(H2,29,30,31). The van der Waals surface area contributed by atoms with Gasteiger partial charge in [-0.15, -0.1) is 0 Å². The molecule has 1 saturated carbocycles. The fourth-order valence-electron chi connectivity index (χ4n) is 5.13. The number of hydrogen-bond donors (Lipinski definition) is 1. The van der Waals surface area contributed by atoms with Gasteiger partial charge in [0.05, 0.1) is 22.6 Å². The molecular formula is C28H26N6O. The second-order valence-corrected chi connectivity index (χ2v) is 9.27. The molecule has 1 aliphatic rings. The van der Waals surface area contributed by atoms with Crippen molar-refractivity contribution < 1.29 is 4.79 Å². The Bertz CT molecular complexity index is 1580. The first-order chi connectivity index (χ1) is 17.0. The van der Waals surface area contributed by atoms with Gasteiger partial charge in [0.2, 0.25) is 0 Å². The van der Waals surface area contributed by atoms with Gasteiger partial charge in [0.1, 0.15) is 23.6 Å². The monoisotopic (exact) mass is 462 g/mol. The van der Waals surface area contributed by atoms with E-state index in [0.29, 0.717) is 23.7 Å². The van der Waals surface area contributed by atoms with E-state index in [0.717, 1.165) is 57.2 Å². The van der Waals surface area contributed by atoms with Gasteiger partial charge in [0.15, 0.2) is 5.65 Å². The highest BCUT2D eigenvalue weighted by atomic mass is 16.1. The Morgan fingerprint density at radius 3 is 2.60 bits per heavy atom. The minimum atomic E-state index is 0.106. The van der Waals surface area contributed by atoms with Gasteiger partial charge in [-0.1, -0.05) is 55.5 Å². The van der Waals surface area contributed by atoms with Gasteiger partial charge in [-0.25, -0.2) is 19.6 Å². The zero-order valence-electron chi connectivity index (χ0n) is 19.8. The van der Waals surface area contributed by atoms with Crippen LogP contribution in [0.15, 0.2) is 60.9 Å². The predicted molar refractivity (Wildman–Crippen MR) is 138 cm³/mol. The molecule has 0 saturated heterocycles. The highest BCUT2D eigenvalue weighted by Crippen LogP contribution is 2.43. The Morgan fingerprint density at radius 2 is 1.83 bits per heavy atom. The minimum absolute atomic E-state index is 0.106. The van der Waals surface area contributed by atoms with E-state index in [9.17, 15) is 4.79 Å². The average Bonchev–Trinajstić information content (AvgIpc) is 3.24. The number of carbonyl (C=O) groups is 1. The molecule has 0 radical (unpaired) electrons. The topological polar surface area (TPSA) is 99.6 Å². The normalized spacial score (nSPS) is 17.5. The summed E-state index contributed by atoms with van der Waals surface area (Å²) in [5, 5.41) is 6.82. The Hall–Kier alpha value is -4.13. The van der Waals surface area contributed by atoms with Crippen molar-refractivity contribution >= 4 is 33.5 Å². The van der Waals surface area contributed by atoms with Crippen LogP contribution >= 0.6 is 0 Å². The van der Waals surface area contributed by atoms with Crippen molar-refractivity contribution in [2.45, 2.75) is 39.2 Å². The smallest absolute Gasteiger partial charge is 0.164 e. The van der Waals surface area contributed by atoms with Crippen LogP contribution in [-0.4, -0.2) is 30.5 Å². The number of fused-ring (bicyclic) bond motifs is 2. The van der Waals surface area contributed by atoms with Crippen molar-refractivity contribution in [2.24, 2.45) is 5.92 Å². The molecule has 174 valence electrons. The van der Waals surface area contributed by atoms with Crippen molar-refractivity contribution in [3.8, 4) is 22.5 Å². The molecule has 1 fully saturated rings. The SMILES string of the molecule is CCC(=O)C1CC(n2nc(-c3ccc4ccc(-c5ccccc5)nc4c3C)c3c(N)ncnc32)C1. The van der Waals surface area contributed by atoms with Gasteiger partial charge in [0.25, 0.3) is 0 Å². The fourth-order valence-corrected chi connectivity index (χ4v) is 5.13. The lowest BCUT2D eigenvalue weighted by Gasteiger charge is -2.34. The summed E-state index contributed by atoms with van der Waals surface area (Å²) >= 11 is 0. The first-order valence-corrected chi connectivity index (χ1v) is 12.0. The lowest BCUT2D eigenvalue weighted by Crippen LogP contribution is -2.32. The highest BCUT2D eigenvalue weighted by Gasteiger charge is 2.37. The van der Waals surface area contributed by atoms with E-state index in [2.05, 4.69) is 53.3 Å². The number of aryl methyl sites for hydroxylation is 1. The molecular weight excluding hydrogens is 436 g/mol. The second-order valence-electron chi connectivity index (χ2n) is 9.27. The first kappa shape index (κ1) is 21.4. The summed E-state index contributed by atoms with van der Waals surface area (Å²) < 4.78 is 1.94. The second kappa shape index (κ2) is 8.27. The molecule has 0 spiro atoms. The van der Waals surface area contributed by atoms with Crippen LogP contribution in [0.25, 0.3) is 44.5 Å². The summed E-state index contributed by atoms with van der Waals surface area (Å²) in [4.78, 5) is 25.9. The molecule has 7 nitrogen and oxygen atoms in total. The molecule has 6 rings (SSSR count).